The molecule has 2 heterocycles. The summed E-state index contributed by atoms with van der Waals surface area (Å²) in [5, 5.41) is 2.76. The number of benzene rings is 1. The van der Waals surface area contributed by atoms with Crippen molar-refractivity contribution in [2.45, 2.75) is 19.0 Å². The lowest BCUT2D eigenvalue weighted by atomic mass is 9.99. The smallest absolute Gasteiger partial charge is 0.251 e. The van der Waals surface area contributed by atoms with Gasteiger partial charge in [-0.3, -0.25) is 9.59 Å². The van der Waals surface area contributed by atoms with Crippen molar-refractivity contribution in [2.24, 2.45) is 0 Å². The normalized spacial score (nSPS) is 19.4. The van der Waals surface area contributed by atoms with Crippen LogP contribution in [0.3, 0.4) is 0 Å². The van der Waals surface area contributed by atoms with Crippen LogP contribution in [0.25, 0.3) is 11.3 Å². The maximum absolute atomic E-state index is 12.6. The Bertz CT molecular complexity index is 1170. The van der Waals surface area contributed by atoms with Gasteiger partial charge in [0.25, 0.3) is 5.91 Å². The average molecular weight is 477 g/mol. The minimum atomic E-state index is -3.59. The van der Waals surface area contributed by atoms with Crippen LogP contribution in [0.2, 0.25) is 5.15 Å². The van der Waals surface area contributed by atoms with Crippen molar-refractivity contribution < 1.29 is 18.0 Å². The van der Waals surface area contributed by atoms with E-state index in [1.54, 1.807) is 55.3 Å². The van der Waals surface area contributed by atoms with Crippen LogP contribution in [0, 0.1) is 0 Å². The molecular formula is C22H25ClN4O4S. The standard InChI is InChI=1S/C22H25ClN4O4S/c1-5-21(28)26-12-14(2)27(32(4,30)31)19(13-26)17-10-18(25-20(23)11-17)15-7-6-8-16(9-15)22(29)24-3/h5-11,14,19H,1,12-13H2,2-4H3,(H,24,29)/t14-,19?/m0/s1. The number of rotatable bonds is 5. The van der Waals surface area contributed by atoms with Crippen molar-refractivity contribution in [3.8, 4) is 11.3 Å². The Morgan fingerprint density at radius 3 is 2.59 bits per heavy atom. The van der Waals surface area contributed by atoms with E-state index in [4.69, 9.17) is 11.6 Å². The zero-order valence-corrected chi connectivity index (χ0v) is 19.7. The van der Waals surface area contributed by atoms with E-state index in [-0.39, 0.29) is 30.1 Å². The molecule has 3 rings (SSSR count). The summed E-state index contributed by atoms with van der Waals surface area (Å²) in [5.74, 6) is -0.509. The largest absolute Gasteiger partial charge is 0.355 e. The lowest BCUT2D eigenvalue weighted by Crippen LogP contribution is -2.56. The van der Waals surface area contributed by atoms with Crippen molar-refractivity contribution in [1.29, 1.82) is 0 Å². The van der Waals surface area contributed by atoms with Crippen LogP contribution in [-0.2, 0) is 14.8 Å². The number of hydrogen-bond acceptors (Lipinski definition) is 5. The van der Waals surface area contributed by atoms with E-state index in [2.05, 4.69) is 16.9 Å². The summed E-state index contributed by atoms with van der Waals surface area (Å²) in [7, 11) is -2.04. The second kappa shape index (κ2) is 9.40. The Morgan fingerprint density at radius 1 is 1.25 bits per heavy atom. The van der Waals surface area contributed by atoms with E-state index in [1.165, 1.54) is 10.4 Å². The molecule has 1 fully saturated rings. The second-order valence-corrected chi connectivity index (χ2v) is 9.95. The molecule has 8 nitrogen and oxygen atoms in total. The van der Waals surface area contributed by atoms with Crippen molar-refractivity contribution in [3.05, 3.63) is 65.3 Å². The number of carbonyl (C=O) groups is 2. The molecule has 0 saturated carbocycles. The molecule has 2 aromatic rings. The van der Waals surface area contributed by atoms with Gasteiger partial charge in [0.1, 0.15) is 5.15 Å². The molecule has 10 heteroatoms. The molecule has 1 aromatic heterocycles. The van der Waals surface area contributed by atoms with Crippen LogP contribution in [0.5, 0.6) is 0 Å². The number of pyridine rings is 1. The van der Waals surface area contributed by atoms with Gasteiger partial charge in [0.2, 0.25) is 15.9 Å². The highest BCUT2D eigenvalue weighted by Crippen LogP contribution is 2.34. The molecular weight excluding hydrogens is 452 g/mol. The van der Waals surface area contributed by atoms with E-state index in [0.29, 0.717) is 22.4 Å². The molecule has 0 bridgehead atoms. The van der Waals surface area contributed by atoms with Gasteiger partial charge in [-0.2, -0.15) is 4.31 Å². The molecule has 0 spiro atoms. The lowest BCUT2D eigenvalue weighted by Gasteiger charge is -2.44. The van der Waals surface area contributed by atoms with Crippen LogP contribution in [-0.4, -0.2) is 66.9 Å². The Morgan fingerprint density at radius 2 is 1.97 bits per heavy atom. The molecule has 1 aliphatic heterocycles. The van der Waals surface area contributed by atoms with Gasteiger partial charge < -0.3 is 10.2 Å². The van der Waals surface area contributed by atoms with E-state index in [1.807, 2.05) is 0 Å². The van der Waals surface area contributed by atoms with Crippen LogP contribution < -0.4 is 5.32 Å². The first-order valence-electron chi connectivity index (χ1n) is 9.95. The molecule has 1 N–H and O–H groups in total. The van der Waals surface area contributed by atoms with Crippen molar-refractivity contribution in [2.75, 3.05) is 26.4 Å². The minimum absolute atomic E-state index is 0.153. The highest BCUT2D eigenvalue weighted by Gasteiger charge is 2.40. The maximum atomic E-state index is 12.6. The fourth-order valence-corrected chi connectivity index (χ4v) is 5.60. The molecule has 1 aromatic carbocycles. The van der Waals surface area contributed by atoms with Crippen molar-refractivity contribution in [1.82, 2.24) is 19.5 Å². The minimum Gasteiger partial charge on any atom is -0.355 e. The van der Waals surface area contributed by atoms with Crippen LogP contribution in [0.15, 0.2) is 49.1 Å². The number of aromatic nitrogens is 1. The summed E-state index contributed by atoms with van der Waals surface area (Å²) in [6.07, 6.45) is 2.37. The van der Waals surface area contributed by atoms with Gasteiger partial charge in [0.05, 0.1) is 18.0 Å². The Kier molecular flexibility index (Phi) is 7.02. The summed E-state index contributed by atoms with van der Waals surface area (Å²) in [4.78, 5) is 30.3. The molecule has 0 aliphatic carbocycles. The van der Waals surface area contributed by atoms with E-state index in [0.717, 1.165) is 6.26 Å². The molecule has 2 amide bonds. The summed E-state index contributed by atoms with van der Waals surface area (Å²) >= 11 is 6.32. The monoisotopic (exact) mass is 476 g/mol. The van der Waals surface area contributed by atoms with Crippen molar-refractivity contribution >= 4 is 33.4 Å². The Labute approximate surface area is 192 Å². The van der Waals surface area contributed by atoms with E-state index in [9.17, 15) is 18.0 Å². The third kappa shape index (κ3) is 5.01. The fourth-order valence-electron chi connectivity index (χ4n) is 4.01. The molecule has 2 atom stereocenters. The number of nitrogens with zero attached hydrogens (tertiary/aromatic N) is 3. The third-order valence-electron chi connectivity index (χ3n) is 5.34. The fraction of sp³-hybridized carbons (Fsp3) is 0.318. The van der Waals surface area contributed by atoms with Crippen molar-refractivity contribution in [3.63, 3.8) is 0 Å². The summed E-state index contributed by atoms with van der Waals surface area (Å²) in [6, 6.07) is 9.14. The van der Waals surface area contributed by atoms with Crippen LogP contribution >= 0.6 is 11.6 Å². The first-order valence-corrected chi connectivity index (χ1v) is 12.2. The zero-order chi connectivity index (χ0) is 23.6. The SMILES string of the molecule is C=CC(=O)N1CC(c2cc(Cl)nc(-c3cccc(C(=O)NC)c3)c2)N(S(C)(=O)=O)[C@@H](C)C1. The van der Waals surface area contributed by atoms with Crippen LogP contribution in [0.1, 0.15) is 28.9 Å². The Hall–Kier alpha value is -2.75. The number of carbonyl (C=O) groups excluding carboxylic acids is 2. The number of sulfonamides is 1. The lowest BCUT2D eigenvalue weighted by molar-refractivity contribution is -0.129. The predicted octanol–water partition coefficient (Wildman–Crippen LogP) is 2.48. The quantitative estimate of drug-likeness (QED) is 0.528. The van der Waals surface area contributed by atoms with Gasteiger partial charge in [-0.25, -0.2) is 13.4 Å². The Balaban J connectivity index is 2.10. The highest BCUT2D eigenvalue weighted by molar-refractivity contribution is 7.88. The van der Waals surface area contributed by atoms with Crippen LogP contribution in [0.4, 0.5) is 0 Å². The molecule has 170 valence electrons. The van der Waals surface area contributed by atoms with Gasteiger partial charge in [0, 0.05) is 37.3 Å². The molecule has 1 saturated heterocycles. The summed E-state index contributed by atoms with van der Waals surface area (Å²) < 4.78 is 26.7. The molecule has 1 aliphatic rings. The van der Waals surface area contributed by atoms with Gasteiger partial charge in [-0.1, -0.05) is 30.3 Å². The average Bonchev–Trinajstić information content (AvgIpc) is 2.76. The molecule has 1 unspecified atom stereocenters. The van der Waals surface area contributed by atoms with E-state index >= 15 is 0 Å². The predicted molar refractivity (Wildman–Crippen MR) is 124 cm³/mol. The number of amides is 2. The number of halogens is 1. The molecule has 32 heavy (non-hydrogen) atoms. The van der Waals surface area contributed by atoms with Gasteiger partial charge >= 0.3 is 0 Å². The summed E-state index contributed by atoms with van der Waals surface area (Å²) in [5.41, 5.74) is 2.21. The third-order valence-corrected chi connectivity index (χ3v) is 6.91. The number of piperazine rings is 1. The van der Waals surface area contributed by atoms with E-state index < -0.39 is 22.1 Å². The number of nitrogens with one attached hydrogen (secondary N) is 1. The van der Waals surface area contributed by atoms with Gasteiger partial charge in [-0.05, 0) is 42.8 Å². The first kappa shape index (κ1) is 23.9. The summed E-state index contributed by atoms with van der Waals surface area (Å²) in [6.45, 7) is 5.71. The van der Waals surface area contributed by atoms with Gasteiger partial charge in [-0.15, -0.1) is 0 Å². The maximum Gasteiger partial charge on any atom is 0.251 e. The molecule has 0 radical (unpaired) electrons. The second-order valence-electron chi connectivity index (χ2n) is 7.67. The first-order chi connectivity index (χ1) is 15.0. The highest BCUT2D eigenvalue weighted by atomic mass is 35.5. The number of hydrogen-bond donors (Lipinski definition) is 1. The topological polar surface area (TPSA) is 99.7 Å². The zero-order valence-electron chi connectivity index (χ0n) is 18.1. The van der Waals surface area contributed by atoms with Gasteiger partial charge in [0.15, 0.2) is 0 Å².